The summed E-state index contributed by atoms with van der Waals surface area (Å²) in [6.07, 6.45) is -0.631. The van der Waals surface area contributed by atoms with E-state index >= 15 is 0 Å². The lowest BCUT2D eigenvalue weighted by molar-refractivity contribution is 0.0338. The van der Waals surface area contributed by atoms with Crippen molar-refractivity contribution in [1.82, 2.24) is 4.90 Å². The topological polar surface area (TPSA) is 38.8 Å². The predicted molar refractivity (Wildman–Crippen MR) is 101 cm³/mol. The molecule has 1 fully saturated rings. The van der Waals surface area contributed by atoms with Gasteiger partial charge in [-0.2, -0.15) is 0 Å². The number of carbonyl (C=O) groups excluding carboxylic acids is 1. The van der Waals surface area contributed by atoms with Crippen LogP contribution in [0.5, 0.6) is 5.75 Å². The highest BCUT2D eigenvalue weighted by atomic mass is 79.9. The van der Waals surface area contributed by atoms with Crippen LogP contribution in [-0.2, 0) is 4.74 Å². The van der Waals surface area contributed by atoms with Gasteiger partial charge in [0, 0.05) is 23.2 Å². The lowest BCUT2D eigenvalue weighted by Gasteiger charge is -2.19. The van der Waals surface area contributed by atoms with Crippen molar-refractivity contribution in [3.63, 3.8) is 0 Å². The maximum Gasteiger partial charge on any atom is 0.254 e. The minimum Gasteiger partial charge on any atom is -0.486 e. The third kappa shape index (κ3) is 4.07. The van der Waals surface area contributed by atoms with E-state index in [1.807, 2.05) is 32.0 Å². The van der Waals surface area contributed by atoms with E-state index in [0.717, 1.165) is 11.1 Å². The van der Waals surface area contributed by atoms with Crippen molar-refractivity contribution < 1.29 is 18.7 Å². The number of hydrogen-bond acceptors (Lipinski definition) is 3. The van der Waals surface area contributed by atoms with E-state index in [2.05, 4.69) is 15.9 Å². The van der Waals surface area contributed by atoms with Crippen molar-refractivity contribution in [2.75, 3.05) is 20.2 Å². The summed E-state index contributed by atoms with van der Waals surface area (Å²) in [5.41, 5.74) is 2.67. The van der Waals surface area contributed by atoms with Gasteiger partial charge < -0.3 is 14.4 Å². The zero-order valence-electron chi connectivity index (χ0n) is 15.0. The molecule has 1 aliphatic heterocycles. The molecule has 0 unspecified atom stereocenters. The molecule has 2 aromatic rings. The van der Waals surface area contributed by atoms with E-state index in [1.54, 1.807) is 18.1 Å². The van der Waals surface area contributed by atoms with Crippen LogP contribution in [0.4, 0.5) is 4.39 Å². The summed E-state index contributed by atoms with van der Waals surface area (Å²) in [4.78, 5) is 14.7. The van der Waals surface area contributed by atoms with Crippen LogP contribution >= 0.6 is 15.9 Å². The Bertz CT molecular complexity index is 806. The molecule has 6 heteroatoms. The molecule has 0 aliphatic carbocycles. The van der Waals surface area contributed by atoms with Crippen LogP contribution in [0, 0.1) is 19.7 Å². The number of hydrogen-bond donors (Lipinski definition) is 0. The largest absolute Gasteiger partial charge is 0.486 e. The molecule has 1 saturated heterocycles. The van der Waals surface area contributed by atoms with Gasteiger partial charge in [-0.3, -0.25) is 4.79 Å². The Morgan fingerprint density at radius 2 is 1.88 bits per heavy atom. The van der Waals surface area contributed by atoms with Crippen LogP contribution in [0.2, 0.25) is 0 Å². The van der Waals surface area contributed by atoms with E-state index in [1.165, 1.54) is 12.1 Å². The number of amides is 1. The SMILES string of the molecule is CO[C@@H]1CN(C(=O)c2cc(C)ccc2C)C[C@H]1Oc1cc(F)cc(Br)c1. The Balaban J connectivity index is 1.78. The fourth-order valence-electron chi connectivity index (χ4n) is 3.16. The van der Waals surface area contributed by atoms with Crippen molar-refractivity contribution in [3.05, 3.63) is 63.4 Å². The standard InChI is InChI=1S/C20H21BrFNO3/c1-12-4-5-13(2)17(6-12)20(24)23-10-18(25-3)19(11-23)26-16-8-14(21)7-15(22)9-16/h4-9,18-19H,10-11H2,1-3H3/t18-,19-/m1/s1. The summed E-state index contributed by atoms with van der Waals surface area (Å²) in [6.45, 7) is 4.71. The molecule has 0 spiro atoms. The van der Waals surface area contributed by atoms with Gasteiger partial charge in [0.25, 0.3) is 5.91 Å². The van der Waals surface area contributed by atoms with E-state index in [4.69, 9.17) is 9.47 Å². The highest BCUT2D eigenvalue weighted by molar-refractivity contribution is 9.10. The molecule has 0 saturated carbocycles. The molecule has 26 heavy (non-hydrogen) atoms. The highest BCUT2D eigenvalue weighted by Crippen LogP contribution is 2.26. The summed E-state index contributed by atoms with van der Waals surface area (Å²) in [7, 11) is 1.59. The van der Waals surface area contributed by atoms with E-state index in [0.29, 0.717) is 28.9 Å². The quantitative estimate of drug-likeness (QED) is 0.744. The molecule has 4 nitrogen and oxygen atoms in total. The Hall–Kier alpha value is -1.92. The third-order valence-electron chi connectivity index (χ3n) is 4.55. The molecule has 0 N–H and O–H groups in total. The first-order valence-electron chi connectivity index (χ1n) is 8.39. The Labute approximate surface area is 161 Å². The number of carbonyl (C=O) groups is 1. The first-order valence-corrected chi connectivity index (χ1v) is 9.18. The van der Waals surface area contributed by atoms with Crippen LogP contribution in [0.15, 0.2) is 40.9 Å². The molecule has 0 radical (unpaired) electrons. The molecular formula is C20H21BrFNO3. The van der Waals surface area contributed by atoms with E-state index in [-0.39, 0.29) is 23.9 Å². The lowest BCUT2D eigenvalue weighted by Crippen LogP contribution is -2.32. The van der Waals surface area contributed by atoms with Gasteiger partial charge in [-0.1, -0.05) is 33.6 Å². The molecule has 1 heterocycles. The number of methoxy groups -OCH3 is 1. The van der Waals surface area contributed by atoms with Crippen LogP contribution in [0.3, 0.4) is 0 Å². The van der Waals surface area contributed by atoms with E-state index < -0.39 is 0 Å². The second-order valence-corrected chi connectivity index (χ2v) is 7.48. The summed E-state index contributed by atoms with van der Waals surface area (Å²) in [6, 6.07) is 10.2. The number of aryl methyl sites for hydroxylation is 2. The Morgan fingerprint density at radius 1 is 1.15 bits per heavy atom. The van der Waals surface area contributed by atoms with Crippen LogP contribution < -0.4 is 4.74 Å². The maximum absolute atomic E-state index is 13.6. The molecule has 138 valence electrons. The number of halogens is 2. The normalized spacial score (nSPS) is 19.7. The van der Waals surface area contributed by atoms with E-state index in [9.17, 15) is 9.18 Å². The zero-order valence-corrected chi connectivity index (χ0v) is 16.5. The third-order valence-corrected chi connectivity index (χ3v) is 5.01. The van der Waals surface area contributed by atoms with Crippen LogP contribution in [0.25, 0.3) is 0 Å². The molecule has 2 atom stereocenters. The smallest absolute Gasteiger partial charge is 0.254 e. The number of ether oxygens (including phenoxy) is 2. The Morgan fingerprint density at radius 3 is 2.58 bits per heavy atom. The predicted octanol–water partition coefficient (Wildman–Crippen LogP) is 4.12. The van der Waals surface area contributed by atoms with Gasteiger partial charge >= 0.3 is 0 Å². The fourth-order valence-corrected chi connectivity index (χ4v) is 3.60. The zero-order chi connectivity index (χ0) is 18.8. The summed E-state index contributed by atoms with van der Waals surface area (Å²) in [5, 5.41) is 0. The van der Waals surface area contributed by atoms with Crippen LogP contribution in [-0.4, -0.2) is 43.2 Å². The molecule has 0 aromatic heterocycles. The van der Waals surface area contributed by atoms with Crippen LogP contribution in [0.1, 0.15) is 21.5 Å². The van der Waals surface area contributed by atoms with Crippen molar-refractivity contribution in [3.8, 4) is 5.75 Å². The maximum atomic E-state index is 13.6. The van der Waals surface area contributed by atoms with Gasteiger partial charge in [-0.25, -0.2) is 4.39 Å². The average Bonchev–Trinajstić information content (AvgIpc) is 2.98. The summed E-state index contributed by atoms with van der Waals surface area (Å²) < 4.78 is 25.6. The van der Waals surface area contributed by atoms with Crippen molar-refractivity contribution in [2.45, 2.75) is 26.1 Å². The van der Waals surface area contributed by atoms with Crippen molar-refractivity contribution in [2.24, 2.45) is 0 Å². The minimum absolute atomic E-state index is 0.0419. The number of rotatable bonds is 4. The van der Waals surface area contributed by atoms with Crippen molar-refractivity contribution in [1.29, 1.82) is 0 Å². The Kier molecular flexibility index (Phi) is 5.63. The molecule has 0 bridgehead atoms. The molecular weight excluding hydrogens is 401 g/mol. The summed E-state index contributed by atoms with van der Waals surface area (Å²) in [5.74, 6) is -0.0191. The van der Waals surface area contributed by atoms with Gasteiger partial charge in [-0.15, -0.1) is 0 Å². The average molecular weight is 422 g/mol. The molecule has 3 rings (SSSR count). The highest BCUT2D eigenvalue weighted by Gasteiger charge is 2.37. The number of likely N-dealkylation sites (tertiary alicyclic amines) is 1. The fraction of sp³-hybridized carbons (Fsp3) is 0.350. The minimum atomic E-state index is -0.385. The number of benzene rings is 2. The van der Waals surface area contributed by atoms with Gasteiger partial charge in [-0.05, 0) is 37.6 Å². The first kappa shape index (κ1) is 18.9. The van der Waals surface area contributed by atoms with Gasteiger partial charge in [0.15, 0.2) is 0 Å². The second kappa shape index (κ2) is 7.76. The second-order valence-electron chi connectivity index (χ2n) is 6.56. The number of nitrogens with zero attached hydrogens (tertiary/aromatic N) is 1. The lowest BCUT2D eigenvalue weighted by atomic mass is 10.0. The van der Waals surface area contributed by atoms with Gasteiger partial charge in [0.2, 0.25) is 0 Å². The molecule has 1 amide bonds. The van der Waals surface area contributed by atoms with Gasteiger partial charge in [0.05, 0.1) is 13.1 Å². The monoisotopic (exact) mass is 421 g/mol. The summed E-state index contributed by atoms with van der Waals surface area (Å²) >= 11 is 3.26. The van der Waals surface area contributed by atoms with Gasteiger partial charge in [0.1, 0.15) is 23.8 Å². The first-order chi connectivity index (χ1) is 12.4. The van der Waals surface area contributed by atoms with Crippen molar-refractivity contribution >= 4 is 21.8 Å². The molecule has 2 aromatic carbocycles. The molecule has 1 aliphatic rings.